The summed E-state index contributed by atoms with van der Waals surface area (Å²) in [6.07, 6.45) is 1.67. The van der Waals surface area contributed by atoms with Crippen molar-refractivity contribution in [3.05, 3.63) is 23.2 Å². The molecule has 1 saturated heterocycles. The Labute approximate surface area is 171 Å². The topological polar surface area (TPSA) is 82.1 Å². The number of hydrogen-bond acceptors (Lipinski definition) is 5. The van der Waals surface area contributed by atoms with Crippen LogP contribution < -0.4 is 10.1 Å². The Hall–Kier alpha value is -1.54. The van der Waals surface area contributed by atoms with Gasteiger partial charge in [0.15, 0.2) is 0 Å². The molecular weight excluding hydrogens is 393 g/mol. The van der Waals surface area contributed by atoms with E-state index in [-0.39, 0.29) is 36.9 Å². The molecule has 1 unspecified atom stereocenters. The van der Waals surface area contributed by atoms with E-state index in [1.165, 1.54) is 0 Å². The summed E-state index contributed by atoms with van der Waals surface area (Å²) in [4.78, 5) is 27.4. The van der Waals surface area contributed by atoms with Crippen molar-refractivity contribution in [1.29, 1.82) is 0 Å². The van der Waals surface area contributed by atoms with Crippen LogP contribution in [0, 0.1) is 0 Å². The largest absolute Gasteiger partial charge is 0.495 e. The minimum Gasteiger partial charge on any atom is -0.495 e. The summed E-state index contributed by atoms with van der Waals surface area (Å²) in [6, 6.07) is 5.01. The van der Waals surface area contributed by atoms with E-state index in [1.54, 1.807) is 25.3 Å². The highest BCUT2D eigenvalue weighted by molar-refractivity contribution is 6.31. The number of carboxylic acids is 1. The van der Waals surface area contributed by atoms with E-state index >= 15 is 0 Å². The molecule has 7 nitrogen and oxygen atoms in total. The van der Waals surface area contributed by atoms with Crippen LogP contribution in [0.4, 0.5) is 5.69 Å². The van der Waals surface area contributed by atoms with E-state index in [0.717, 1.165) is 25.9 Å². The highest BCUT2D eigenvalue weighted by Crippen LogP contribution is 2.28. The van der Waals surface area contributed by atoms with Crippen LogP contribution in [0.5, 0.6) is 5.75 Å². The van der Waals surface area contributed by atoms with E-state index in [0.29, 0.717) is 16.5 Å². The maximum atomic E-state index is 12.6. The van der Waals surface area contributed by atoms with Gasteiger partial charge in [-0.2, -0.15) is 0 Å². The second-order valence-corrected chi connectivity index (χ2v) is 7.02. The molecule has 0 spiro atoms. The minimum atomic E-state index is -0.821. The van der Waals surface area contributed by atoms with Gasteiger partial charge in [0.1, 0.15) is 5.75 Å². The van der Waals surface area contributed by atoms with E-state index in [2.05, 4.69) is 10.2 Å². The molecule has 0 aromatic heterocycles. The van der Waals surface area contributed by atoms with Crippen LogP contribution in [-0.2, 0) is 9.59 Å². The van der Waals surface area contributed by atoms with Crippen LogP contribution in [-0.4, -0.2) is 72.7 Å². The molecule has 1 heterocycles. The zero-order valence-corrected chi connectivity index (χ0v) is 17.3. The Bertz CT molecular complexity index is 651. The smallest absolute Gasteiger partial charge is 0.317 e. The maximum Gasteiger partial charge on any atom is 0.317 e. The monoisotopic (exact) mass is 419 g/mol. The number of amides is 1. The van der Waals surface area contributed by atoms with Crippen LogP contribution in [0.1, 0.15) is 19.8 Å². The van der Waals surface area contributed by atoms with Gasteiger partial charge in [0.25, 0.3) is 0 Å². The van der Waals surface area contributed by atoms with Gasteiger partial charge in [0.05, 0.1) is 25.4 Å². The van der Waals surface area contributed by atoms with Crippen LogP contribution in [0.3, 0.4) is 0 Å². The van der Waals surface area contributed by atoms with Crippen molar-refractivity contribution < 1.29 is 19.4 Å². The molecule has 1 aliphatic heterocycles. The molecular formula is C18H27Cl2N3O4. The van der Waals surface area contributed by atoms with Crippen LogP contribution in [0.15, 0.2) is 18.2 Å². The van der Waals surface area contributed by atoms with Gasteiger partial charge in [-0.05, 0) is 45.0 Å². The lowest BCUT2D eigenvalue weighted by Gasteiger charge is -2.38. The summed E-state index contributed by atoms with van der Waals surface area (Å²) in [5, 5.41) is 12.3. The highest BCUT2D eigenvalue weighted by Gasteiger charge is 2.29. The Morgan fingerprint density at radius 3 is 2.59 bits per heavy atom. The van der Waals surface area contributed by atoms with Gasteiger partial charge in [0, 0.05) is 24.2 Å². The molecule has 9 heteroatoms. The standard InChI is InChI=1S/C18H26ClN3O4.ClH/c1-12(18(25)20-15-10-13(19)4-5-16(15)26-3)22-8-6-14(7-9-22)21(2)11-17(23)24;/h4-5,10,12,14H,6-9,11H2,1-3H3,(H,20,25)(H,23,24);1H. The van der Waals surface area contributed by atoms with Crippen LogP contribution >= 0.6 is 24.0 Å². The maximum absolute atomic E-state index is 12.6. The average Bonchev–Trinajstić information content (AvgIpc) is 2.60. The number of piperidine rings is 1. The molecule has 1 amide bonds. The number of halogens is 2. The lowest BCUT2D eigenvalue weighted by atomic mass is 10.0. The molecule has 2 rings (SSSR count). The number of nitrogens with zero attached hydrogens (tertiary/aromatic N) is 2. The number of nitrogens with one attached hydrogen (secondary N) is 1. The fraction of sp³-hybridized carbons (Fsp3) is 0.556. The van der Waals surface area contributed by atoms with Gasteiger partial charge >= 0.3 is 5.97 Å². The molecule has 27 heavy (non-hydrogen) atoms. The highest BCUT2D eigenvalue weighted by atomic mass is 35.5. The molecule has 152 valence electrons. The Balaban J connectivity index is 0.00000364. The van der Waals surface area contributed by atoms with Crippen molar-refractivity contribution in [2.24, 2.45) is 0 Å². The number of likely N-dealkylation sites (tertiary alicyclic amines) is 1. The lowest BCUT2D eigenvalue weighted by molar-refractivity contribution is -0.138. The second-order valence-electron chi connectivity index (χ2n) is 6.59. The fourth-order valence-corrected chi connectivity index (χ4v) is 3.41. The number of ether oxygens (including phenoxy) is 1. The van der Waals surface area contributed by atoms with Crippen molar-refractivity contribution in [3.63, 3.8) is 0 Å². The first kappa shape index (κ1) is 23.5. The summed E-state index contributed by atoms with van der Waals surface area (Å²) in [5.74, 6) is -0.384. The predicted molar refractivity (Wildman–Crippen MR) is 108 cm³/mol. The van der Waals surface area contributed by atoms with E-state index < -0.39 is 5.97 Å². The zero-order valence-electron chi connectivity index (χ0n) is 15.8. The minimum absolute atomic E-state index is 0. The molecule has 2 N–H and O–H groups in total. The summed E-state index contributed by atoms with van der Waals surface area (Å²) in [7, 11) is 3.37. The van der Waals surface area contributed by atoms with Gasteiger partial charge in [-0.25, -0.2) is 0 Å². The number of hydrogen-bond donors (Lipinski definition) is 2. The van der Waals surface area contributed by atoms with Crippen LogP contribution in [0.2, 0.25) is 5.02 Å². The third-order valence-electron chi connectivity index (χ3n) is 4.85. The molecule has 0 saturated carbocycles. The molecule has 1 atom stereocenters. The van der Waals surface area contributed by atoms with Gasteiger partial charge in [-0.3, -0.25) is 19.4 Å². The van der Waals surface area contributed by atoms with Gasteiger partial charge in [0.2, 0.25) is 5.91 Å². The first-order valence-corrected chi connectivity index (χ1v) is 9.00. The van der Waals surface area contributed by atoms with Gasteiger partial charge in [-0.15, -0.1) is 12.4 Å². The number of carboxylic acid groups (broad SMARTS) is 1. The van der Waals surface area contributed by atoms with E-state index in [1.807, 2.05) is 18.9 Å². The Morgan fingerprint density at radius 2 is 2.04 bits per heavy atom. The number of carbonyl (C=O) groups is 2. The first-order chi connectivity index (χ1) is 12.3. The third-order valence-corrected chi connectivity index (χ3v) is 5.09. The SMILES string of the molecule is COc1ccc(Cl)cc1NC(=O)C(C)N1CCC(N(C)CC(=O)O)CC1.Cl. The fourth-order valence-electron chi connectivity index (χ4n) is 3.24. The molecule has 0 bridgehead atoms. The first-order valence-electron chi connectivity index (χ1n) is 8.62. The van der Waals surface area contributed by atoms with Crippen molar-refractivity contribution in [1.82, 2.24) is 9.80 Å². The summed E-state index contributed by atoms with van der Waals surface area (Å²) < 4.78 is 5.26. The van der Waals surface area contributed by atoms with Crippen molar-refractivity contribution in [2.45, 2.75) is 31.8 Å². The Morgan fingerprint density at radius 1 is 1.41 bits per heavy atom. The van der Waals surface area contributed by atoms with Gasteiger partial charge < -0.3 is 15.2 Å². The molecule has 1 aromatic carbocycles. The predicted octanol–water partition coefficient (Wildman–Crippen LogP) is 2.58. The zero-order chi connectivity index (χ0) is 19.3. The number of anilines is 1. The number of methoxy groups -OCH3 is 1. The summed E-state index contributed by atoms with van der Waals surface area (Å²) in [5.41, 5.74) is 0.549. The van der Waals surface area contributed by atoms with Crippen molar-refractivity contribution in [2.75, 3.05) is 39.1 Å². The van der Waals surface area contributed by atoms with Gasteiger partial charge in [-0.1, -0.05) is 11.6 Å². The van der Waals surface area contributed by atoms with E-state index in [9.17, 15) is 9.59 Å². The molecule has 0 aliphatic carbocycles. The summed E-state index contributed by atoms with van der Waals surface area (Å²) in [6.45, 7) is 3.40. The molecule has 0 radical (unpaired) electrons. The number of likely N-dealkylation sites (N-methyl/N-ethyl adjacent to an activating group) is 1. The quantitative estimate of drug-likeness (QED) is 0.706. The normalized spacial score (nSPS) is 16.5. The number of benzene rings is 1. The summed E-state index contributed by atoms with van der Waals surface area (Å²) >= 11 is 6.00. The molecule has 1 fully saturated rings. The van der Waals surface area contributed by atoms with E-state index in [4.69, 9.17) is 21.4 Å². The Kier molecular flexibility index (Phi) is 9.32. The lowest BCUT2D eigenvalue weighted by Crippen LogP contribution is -2.50. The third kappa shape index (κ3) is 6.53. The number of carbonyl (C=O) groups excluding carboxylic acids is 1. The van der Waals surface area contributed by atoms with Crippen molar-refractivity contribution in [3.8, 4) is 5.75 Å². The average molecular weight is 420 g/mol. The second kappa shape index (κ2) is 10.7. The van der Waals surface area contributed by atoms with Crippen molar-refractivity contribution >= 4 is 41.6 Å². The van der Waals surface area contributed by atoms with Crippen LogP contribution in [0.25, 0.3) is 0 Å². The number of rotatable bonds is 7. The molecule has 1 aliphatic rings. The number of aliphatic carboxylic acids is 1. The molecule has 1 aromatic rings.